The number of ether oxygens (including phenoxy) is 3. The summed E-state index contributed by atoms with van der Waals surface area (Å²) in [5, 5.41) is 0. The molecule has 0 aliphatic rings. The molecule has 2 N–H and O–H groups in total. The summed E-state index contributed by atoms with van der Waals surface area (Å²) in [4.78, 5) is 0. The van der Waals surface area contributed by atoms with Gasteiger partial charge in [-0.1, -0.05) is 76.9 Å². The van der Waals surface area contributed by atoms with Crippen LogP contribution in [0.1, 0.15) is 96.8 Å². The lowest BCUT2D eigenvalue weighted by Gasteiger charge is -2.06. The number of allylic oxidation sites excluding steroid dienone is 2. The molecule has 0 spiro atoms. The van der Waals surface area contributed by atoms with Crippen LogP contribution in [0.25, 0.3) is 0 Å². The Morgan fingerprint density at radius 2 is 0.929 bits per heavy atom. The molecule has 0 radical (unpaired) electrons. The first-order valence-corrected chi connectivity index (χ1v) is 12.0. The van der Waals surface area contributed by atoms with Gasteiger partial charge in [-0.3, -0.25) is 0 Å². The SMILES string of the molecule is CCCCCCCCCCC/C=C/CCCCCOCCOCCOCCN. The third-order valence-corrected chi connectivity index (χ3v) is 4.81. The second-order valence-electron chi connectivity index (χ2n) is 7.56. The first kappa shape index (κ1) is 27.6. The summed E-state index contributed by atoms with van der Waals surface area (Å²) in [6, 6.07) is 0. The zero-order chi connectivity index (χ0) is 20.4. The van der Waals surface area contributed by atoms with Gasteiger partial charge in [0.2, 0.25) is 0 Å². The van der Waals surface area contributed by atoms with Gasteiger partial charge in [0.1, 0.15) is 0 Å². The normalized spacial score (nSPS) is 11.6. The summed E-state index contributed by atoms with van der Waals surface area (Å²) in [5.41, 5.74) is 5.33. The van der Waals surface area contributed by atoms with Gasteiger partial charge in [0, 0.05) is 13.2 Å². The molecule has 0 rings (SSSR count). The number of unbranched alkanes of at least 4 members (excludes halogenated alkanes) is 12. The van der Waals surface area contributed by atoms with Gasteiger partial charge in [0.05, 0.1) is 33.0 Å². The predicted octanol–water partition coefficient (Wildman–Crippen LogP) is 6.03. The van der Waals surface area contributed by atoms with E-state index in [0.717, 1.165) is 13.0 Å². The van der Waals surface area contributed by atoms with Crippen molar-refractivity contribution in [1.29, 1.82) is 0 Å². The van der Waals surface area contributed by atoms with Crippen LogP contribution in [-0.2, 0) is 14.2 Å². The van der Waals surface area contributed by atoms with E-state index in [1.807, 2.05) is 0 Å². The molecular weight excluding hydrogens is 350 g/mol. The van der Waals surface area contributed by atoms with Gasteiger partial charge in [0.25, 0.3) is 0 Å². The summed E-state index contributed by atoms with van der Waals surface area (Å²) in [5.74, 6) is 0. The van der Waals surface area contributed by atoms with Crippen molar-refractivity contribution in [3.63, 3.8) is 0 Å². The Balaban J connectivity index is 3.05. The summed E-state index contributed by atoms with van der Waals surface area (Å²) in [7, 11) is 0. The van der Waals surface area contributed by atoms with Crippen LogP contribution in [0.5, 0.6) is 0 Å². The predicted molar refractivity (Wildman–Crippen MR) is 121 cm³/mol. The molecular formula is C24H49NO3. The maximum Gasteiger partial charge on any atom is 0.0701 e. The van der Waals surface area contributed by atoms with E-state index in [9.17, 15) is 0 Å². The van der Waals surface area contributed by atoms with E-state index < -0.39 is 0 Å². The first-order valence-electron chi connectivity index (χ1n) is 12.0. The van der Waals surface area contributed by atoms with Crippen molar-refractivity contribution in [2.75, 3.05) is 46.2 Å². The van der Waals surface area contributed by atoms with Gasteiger partial charge in [-0.15, -0.1) is 0 Å². The third-order valence-electron chi connectivity index (χ3n) is 4.81. The molecule has 0 bridgehead atoms. The molecule has 0 heterocycles. The molecule has 4 heteroatoms. The minimum absolute atomic E-state index is 0.568. The van der Waals surface area contributed by atoms with E-state index in [2.05, 4.69) is 19.1 Å². The summed E-state index contributed by atoms with van der Waals surface area (Å²) < 4.78 is 16.2. The Kier molecular flexibility index (Phi) is 26.2. The van der Waals surface area contributed by atoms with Crippen LogP contribution in [-0.4, -0.2) is 46.2 Å². The second kappa shape index (κ2) is 26.6. The van der Waals surface area contributed by atoms with Crippen LogP contribution in [0.3, 0.4) is 0 Å². The lowest BCUT2D eigenvalue weighted by atomic mass is 10.1. The van der Waals surface area contributed by atoms with Gasteiger partial charge in [-0.05, 0) is 32.1 Å². The van der Waals surface area contributed by atoms with Crippen LogP contribution >= 0.6 is 0 Å². The van der Waals surface area contributed by atoms with Gasteiger partial charge in [-0.2, -0.15) is 0 Å². The van der Waals surface area contributed by atoms with Crippen molar-refractivity contribution in [2.45, 2.75) is 96.8 Å². The number of hydrogen-bond acceptors (Lipinski definition) is 4. The topological polar surface area (TPSA) is 53.7 Å². The molecule has 0 aromatic rings. The Morgan fingerprint density at radius 3 is 1.46 bits per heavy atom. The molecule has 168 valence electrons. The minimum atomic E-state index is 0.568. The highest BCUT2D eigenvalue weighted by molar-refractivity contribution is 4.81. The van der Waals surface area contributed by atoms with E-state index in [0.29, 0.717) is 39.6 Å². The Bertz CT molecular complexity index is 298. The van der Waals surface area contributed by atoms with E-state index in [-0.39, 0.29) is 0 Å². The molecule has 0 aromatic heterocycles. The van der Waals surface area contributed by atoms with Gasteiger partial charge < -0.3 is 19.9 Å². The second-order valence-corrected chi connectivity index (χ2v) is 7.56. The maximum absolute atomic E-state index is 5.58. The molecule has 4 nitrogen and oxygen atoms in total. The molecule has 0 saturated carbocycles. The Labute approximate surface area is 175 Å². The monoisotopic (exact) mass is 399 g/mol. The number of nitrogens with two attached hydrogens (primary N) is 1. The molecule has 0 fully saturated rings. The zero-order valence-corrected chi connectivity index (χ0v) is 18.8. The minimum Gasteiger partial charge on any atom is -0.379 e. The molecule has 0 unspecified atom stereocenters. The fraction of sp³-hybridized carbons (Fsp3) is 0.917. The van der Waals surface area contributed by atoms with Crippen LogP contribution in [0, 0.1) is 0 Å². The van der Waals surface area contributed by atoms with E-state index in [1.165, 1.54) is 83.5 Å². The summed E-state index contributed by atoms with van der Waals surface area (Å²) >= 11 is 0. The van der Waals surface area contributed by atoms with E-state index >= 15 is 0 Å². The van der Waals surface area contributed by atoms with Crippen molar-refractivity contribution in [3.8, 4) is 0 Å². The lowest BCUT2D eigenvalue weighted by Crippen LogP contribution is -2.13. The van der Waals surface area contributed by atoms with Crippen molar-refractivity contribution < 1.29 is 14.2 Å². The Hall–Kier alpha value is -0.420. The average molecular weight is 400 g/mol. The molecule has 0 aliphatic heterocycles. The van der Waals surface area contributed by atoms with Crippen molar-refractivity contribution in [1.82, 2.24) is 0 Å². The standard InChI is InChI=1S/C24H49NO3/c1-2-3-4-5-6-7-8-9-10-11-12-13-14-15-16-17-19-26-21-23-28-24-22-27-20-18-25/h12-13H,2-11,14-25H2,1H3/b13-12+. The fourth-order valence-corrected chi connectivity index (χ4v) is 3.08. The molecule has 0 atom stereocenters. The third kappa shape index (κ3) is 25.6. The van der Waals surface area contributed by atoms with Crippen LogP contribution < -0.4 is 5.73 Å². The summed E-state index contributed by atoms with van der Waals surface area (Å²) in [6.07, 6.45) is 23.6. The van der Waals surface area contributed by atoms with Gasteiger partial charge in [0.15, 0.2) is 0 Å². The first-order chi connectivity index (χ1) is 13.9. The van der Waals surface area contributed by atoms with Crippen molar-refractivity contribution in [2.24, 2.45) is 5.73 Å². The maximum atomic E-state index is 5.58. The molecule has 0 aliphatic carbocycles. The smallest absolute Gasteiger partial charge is 0.0701 e. The molecule has 28 heavy (non-hydrogen) atoms. The van der Waals surface area contributed by atoms with E-state index in [4.69, 9.17) is 19.9 Å². The highest BCUT2D eigenvalue weighted by atomic mass is 16.5. The quantitative estimate of drug-likeness (QED) is 0.159. The van der Waals surface area contributed by atoms with Crippen LogP contribution in [0.15, 0.2) is 12.2 Å². The van der Waals surface area contributed by atoms with Crippen LogP contribution in [0.2, 0.25) is 0 Å². The highest BCUT2D eigenvalue weighted by Gasteiger charge is 1.93. The van der Waals surface area contributed by atoms with Crippen molar-refractivity contribution >= 4 is 0 Å². The molecule has 0 amide bonds. The molecule has 0 aromatic carbocycles. The van der Waals surface area contributed by atoms with Gasteiger partial charge in [-0.25, -0.2) is 0 Å². The van der Waals surface area contributed by atoms with Crippen molar-refractivity contribution in [3.05, 3.63) is 12.2 Å². The van der Waals surface area contributed by atoms with E-state index in [1.54, 1.807) is 0 Å². The average Bonchev–Trinajstić information content (AvgIpc) is 2.71. The largest absolute Gasteiger partial charge is 0.379 e. The number of rotatable bonds is 24. The highest BCUT2D eigenvalue weighted by Crippen LogP contribution is 2.11. The molecule has 0 saturated heterocycles. The summed E-state index contributed by atoms with van der Waals surface area (Å²) in [6.45, 7) is 6.86. The van der Waals surface area contributed by atoms with Crippen LogP contribution in [0.4, 0.5) is 0 Å². The zero-order valence-electron chi connectivity index (χ0n) is 18.8. The lowest BCUT2D eigenvalue weighted by molar-refractivity contribution is 0.0153. The van der Waals surface area contributed by atoms with Gasteiger partial charge >= 0.3 is 0 Å². The number of hydrogen-bond donors (Lipinski definition) is 1. The Morgan fingerprint density at radius 1 is 0.500 bits per heavy atom. The fourth-order valence-electron chi connectivity index (χ4n) is 3.08.